The predicted molar refractivity (Wildman–Crippen MR) is 114 cm³/mol. The van der Waals surface area contributed by atoms with E-state index >= 15 is 0 Å². The van der Waals surface area contributed by atoms with Crippen LogP contribution in [0.15, 0.2) is 23.1 Å². The number of hydrogen-bond donors (Lipinski definition) is 1. The first kappa shape index (κ1) is 22.1. The summed E-state index contributed by atoms with van der Waals surface area (Å²) < 4.78 is 32.8. The molecule has 8 heteroatoms. The van der Waals surface area contributed by atoms with Gasteiger partial charge >= 0.3 is 0 Å². The fourth-order valence-electron chi connectivity index (χ4n) is 4.51. The van der Waals surface area contributed by atoms with E-state index in [0.717, 1.165) is 32.4 Å². The van der Waals surface area contributed by atoms with Crippen molar-refractivity contribution >= 4 is 21.6 Å². The van der Waals surface area contributed by atoms with Crippen molar-refractivity contribution in [1.82, 2.24) is 9.21 Å². The molecule has 2 fully saturated rings. The number of hydrogen-bond acceptors (Lipinski definition) is 5. The Morgan fingerprint density at radius 1 is 1.14 bits per heavy atom. The van der Waals surface area contributed by atoms with E-state index < -0.39 is 10.0 Å². The van der Waals surface area contributed by atoms with Crippen molar-refractivity contribution in [2.45, 2.75) is 44.4 Å². The van der Waals surface area contributed by atoms with Crippen LogP contribution in [0.5, 0.6) is 5.75 Å². The molecule has 0 bridgehead atoms. The van der Waals surface area contributed by atoms with Crippen LogP contribution in [0.3, 0.4) is 0 Å². The Labute approximate surface area is 174 Å². The number of ether oxygens (including phenoxy) is 1. The maximum absolute atomic E-state index is 13.0. The Balaban J connectivity index is 1.74. The van der Waals surface area contributed by atoms with Gasteiger partial charge in [-0.2, -0.15) is 4.31 Å². The minimum atomic E-state index is -3.57. The topological polar surface area (TPSA) is 79.0 Å². The number of amides is 1. The van der Waals surface area contributed by atoms with E-state index in [1.807, 2.05) is 0 Å². The van der Waals surface area contributed by atoms with Crippen molar-refractivity contribution in [3.8, 4) is 5.75 Å². The van der Waals surface area contributed by atoms with Crippen molar-refractivity contribution < 1.29 is 17.9 Å². The Hall–Kier alpha value is -1.64. The maximum Gasteiger partial charge on any atom is 0.243 e. The molecule has 0 saturated carbocycles. The SMILES string of the molecule is COc1ccc(S(=O)(=O)N2CCCCC2)cc1NC(=O)CN1CC(C)CC(C)C1. The van der Waals surface area contributed by atoms with Crippen molar-refractivity contribution in [1.29, 1.82) is 0 Å². The molecule has 0 aromatic heterocycles. The molecule has 1 aromatic carbocycles. The van der Waals surface area contributed by atoms with E-state index in [1.165, 1.54) is 23.9 Å². The van der Waals surface area contributed by atoms with Gasteiger partial charge in [-0.05, 0) is 49.3 Å². The number of carbonyl (C=O) groups excluding carboxylic acids is 1. The summed E-state index contributed by atoms with van der Waals surface area (Å²) in [6.45, 7) is 7.59. The van der Waals surface area contributed by atoms with Crippen LogP contribution >= 0.6 is 0 Å². The highest BCUT2D eigenvalue weighted by atomic mass is 32.2. The number of nitrogens with zero attached hydrogens (tertiary/aromatic N) is 2. The van der Waals surface area contributed by atoms with Gasteiger partial charge in [0.2, 0.25) is 15.9 Å². The van der Waals surface area contributed by atoms with Crippen LogP contribution in [0, 0.1) is 11.8 Å². The molecular formula is C21H33N3O4S. The molecule has 7 nitrogen and oxygen atoms in total. The van der Waals surface area contributed by atoms with Gasteiger partial charge in [0, 0.05) is 26.2 Å². The Morgan fingerprint density at radius 3 is 2.41 bits per heavy atom. The largest absolute Gasteiger partial charge is 0.495 e. The molecule has 0 radical (unpaired) electrons. The van der Waals surface area contributed by atoms with Crippen molar-refractivity contribution in [3.05, 3.63) is 18.2 Å². The lowest BCUT2D eigenvalue weighted by Gasteiger charge is -2.34. The van der Waals surface area contributed by atoms with Gasteiger partial charge in [0.1, 0.15) is 5.75 Å². The van der Waals surface area contributed by atoms with Gasteiger partial charge in [-0.25, -0.2) is 8.42 Å². The van der Waals surface area contributed by atoms with Crippen molar-refractivity contribution in [3.63, 3.8) is 0 Å². The monoisotopic (exact) mass is 423 g/mol. The first-order chi connectivity index (χ1) is 13.8. The molecule has 2 unspecified atom stereocenters. The molecule has 1 amide bonds. The summed E-state index contributed by atoms with van der Waals surface area (Å²) in [6.07, 6.45) is 4.00. The number of nitrogens with one attached hydrogen (secondary N) is 1. The predicted octanol–water partition coefficient (Wildman–Crippen LogP) is 2.79. The second-order valence-electron chi connectivity index (χ2n) is 8.52. The van der Waals surface area contributed by atoms with E-state index in [2.05, 4.69) is 24.1 Å². The van der Waals surface area contributed by atoms with E-state index in [9.17, 15) is 13.2 Å². The first-order valence-corrected chi connectivity index (χ1v) is 11.9. The molecular weight excluding hydrogens is 390 g/mol. The summed E-state index contributed by atoms with van der Waals surface area (Å²) in [5, 5.41) is 2.87. The number of carbonyl (C=O) groups is 1. The number of rotatable bonds is 6. The van der Waals surface area contributed by atoms with Gasteiger partial charge in [-0.3, -0.25) is 9.69 Å². The fraction of sp³-hybridized carbons (Fsp3) is 0.667. The fourth-order valence-corrected chi connectivity index (χ4v) is 6.06. The first-order valence-electron chi connectivity index (χ1n) is 10.5. The maximum atomic E-state index is 13.0. The minimum Gasteiger partial charge on any atom is -0.495 e. The minimum absolute atomic E-state index is 0.155. The van der Waals surface area contributed by atoms with Crippen LogP contribution in [-0.2, 0) is 14.8 Å². The number of anilines is 1. The zero-order valence-electron chi connectivity index (χ0n) is 17.7. The molecule has 0 aliphatic carbocycles. The van der Waals surface area contributed by atoms with Crippen LogP contribution in [-0.4, -0.2) is 63.4 Å². The third-order valence-electron chi connectivity index (χ3n) is 5.71. The molecule has 2 aliphatic heterocycles. The lowest BCUT2D eigenvalue weighted by Crippen LogP contribution is -2.42. The van der Waals surface area contributed by atoms with Gasteiger partial charge in [-0.1, -0.05) is 20.3 Å². The molecule has 1 aromatic rings. The Bertz CT molecular complexity index is 811. The number of sulfonamides is 1. The number of likely N-dealkylation sites (tertiary alicyclic amines) is 1. The van der Waals surface area contributed by atoms with Gasteiger partial charge in [0.25, 0.3) is 0 Å². The smallest absolute Gasteiger partial charge is 0.243 e. The van der Waals surface area contributed by atoms with Gasteiger partial charge in [0.05, 0.1) is 24.2 Å². The Kier molecular flexibility index (Phi) is 7.19. The quantitative estimate of drug-likeness (QED) is 0.761. The van der Waals surface area contributed by atoms with Crippen LogP contribution in [0.1, 0.15) is 39.5 Å². The summed E-state index contributed by atoms with van der Waals surface area (Å²) in [6, 6.07) is 4.67. The zero-order chi connectivity index (χ0) is 21.0. The molecule has 29 heavy (non-hydrogen) atoms. The lowest BCUT2D eigenvalue weighted by molar-refractivity contribution is -0.117. The van der Waals surface area contributed by atoms with Crippen molar-refractivity contribution in [2.75, 3.05) is 45.2 Å². The highest BCUT2D eigenvalue weighted by molar-refractivity contribution is 7.89. The molecule has 2 saturated heterocycles. The second kappa shape index (κ2) is 9.45. The number of methoxy groups -OCH3 is 1. The Morgan fingerprint density at radius 2 is 1.79 bits per heavy atom. The number of benzene rings is 1. The van der Waals surface area contributed by atoms with E-state index in [0.29, 0.717) is 42.9 Å². The van der Waals surface area contributed by atoms with Gasteiger partial charge in [0.15, 0.2) is 0 Å². The zero-order valence-corrected chi connectivity index (χ0v) is 18.5. The summed E-state index contributed by atoms with van der Waals surface area (Å²) in [7, 11) is -2.06. The molecule has 2 aliphatic rings. The standard InChI is InChI=1S/C21H33N3O4S/c1-16-11-17(2)14-23(13-16)15-21(25)22-19-12-18(7-8-20(19)28-3)29(26,27)24-9-5-4-6-10-24/h7-8,12,16-17H,4-6,9-11,13-15H2,1-3H3,(H,22,25). The lowest BCUT2D eigenvalue weighted by atomic mass is 9.92. The molecule has 162 valence electrons. The third-order valence-corrected chi connectivity index (χ3v) is 7.60. The van der Waals surface area contributed by atoms with E-state index in [-0.39, 0.29) is 10.8 Å². The molecule has 1 N–H and O–H groups in total. The molecule has 2 heterocycles. The third kappa shape index (κ3) is 5.49. The molecule has 0 spiro atoms. The second-order valence-corrected chi connectivity index (χ2v) is 10.5. The average molecular weight is 424 g/mol. The summed E-state index contributed by atoms with van der Waals surface area (Å²) in [5.74, 6) is 1.44. The van der Waals surface area contributed by atoms with Crippen LogP contribution in [0.25, 0.3) is 0 Å². The molecule has 2 atom stereocenters. The summed E-state index contributed by atoms with van der Waals surface area (Å²) >= 11 is 0. The molecule has 3 rings (SSSR count). The van der Waals surface area contributed by atoms with E-state index in [4.69, 9.17) is 4.74 Å². The van der Waals surface area contributed by atoms with Crippen LogP contribution in [0.2, 0.25) is 0 Å². The number of piperidine rings is 2. The van der Waals surface area contributed by atoms with E-state index in [1.54, 1.807) is 12.1 Å². The summed E-state index contributed by atoms with van der Waals surface area (Å²) in [5.41, 5.74) is 0.397. The average Bonchev–Trinajstić information content (AvgIpc) is 2.67. The van der Waals surface area contributed by atoms with Crippen LogP contribution in [0.4, 0.5) is 5.69 Å². The highest BCUT2D eigenvalue weighted by Crippen LogP contribution is 2.30. The van der Waals surface area contributed by atoms with Crippen LogP contribution < -0.4 is 10.1 Å². The van der Waals surface area contributed by atoms with Gasteiger partial charge < -0.3 is 10.1 Å². The normalized spacial score (nSPS) is 24.2. The van der Waals surface area contributed by atoms with Crippen molar-refractivity contribution in [2.24, 2.45) is 11.8 Å². The van der Waals surface area contributed by atoms with Gasteiger partial charge in [-0.15, -0.1) is 0 Å². The summed E-state index contributed by atoms with van der Waals surface area (Å²) in [4.78, 5) is 15.0. The highest BCUT2D eigenvalue weighted by Gasteiger charge is 2.27.